The fourth-order valence-electron chi connectivity index (χ4n) is 1.29. The van der Waals surface area contributed by atoms with Gasteiger partial charge in [0.05, 0.1) is 7.11 Å². The van der Waals surface area contributed by atoms with Crippen LogP contribution in [0.3, 0.4) is 0 Å². The van der Waals surface area contributed by atoms with Crippen LogP contribution in [-0.4, -0.2) is 25.1 Å². The molecule has 0 N–H and O–H groups in total. The standard InChI is InChI=1S/C9H15NO2/c1-5-9(2)6-7(9)8(11)10(3)12-4/h5,7H,1,6H2,2-4H3/t7-,9-/m1/s1. The van der Waals surface area contributed by atoms with E-state index in [1.165, 1.54) is 12.2 Å². The lowest BCUT2D eigenvalue weighted by molar-refractivity contribution is -0.170. The number of rotatable bonds is 3. The number of carbonyl (C=O) groups is 1. The normalized spacial score (nSPS) is 32.8. The van der Waals surface area contributed by atoms with Crippen molar-refractivity contribution in [3.05, 3.63) is 12.7 Å². The molecule has 1 fully saturated rings. The Morgan fingerprint density at radius 3 is 2.75 bits per heavy atom. The van der Waals surface area contributed by atoms with E-state index in [-0.39, 0.29) is 17.2 Å². The van der Waals surface area contributed by atoms with Crippen LogP contribution in [0.25, 0.3) is 0 Å². The van der Waals surface area contributed by atoms with Crippen molar-refractivity contribution in [2.45, 2.75) is 13.3 Å². The SMILES string of the molecule is C=C[C@]1(C)C[C@@H]1C(=O)N(C)OC. The van der Waals surface area contributed by atoms with Crippen molar-refractivity contribution < 1.29 is 9.63 Å². The van der Waals surface area contributed by atoms with Crippen molar-refractivity contribution in [3.8, 4) is 0 Å². The van der Waals surface area contributed by atoms with Gasteiger partial charge in [0.15, 0.2) is 0 Å². The molecule has 1 amide bonds. The van der Waals surface area contributed by atoms with Gasteiger partial charge in [-0.3, -0.25) is 9.63 Å². The van der Waals surface area contributed by atoms with Crippen molar-refractivity contribution in [2.75, 3.05) is 14.2 Å². The molecule has 1 rings (SSSR count). The molecule has 0 aromatic carbocycles. The fourth-order valence-corrected chi connectivity index (χ4v) is 1.29. The number of carbonyl (C=O) groups excluding carboxylic acids is 1. The zero-order chi connectivity index (χ0) is 9.35. The van der Waals surface area contributed by atoms with Gasteiger partial charge in [0.1, 0.15) is 0 Å². The highest BCUT2D eigenvalue weighted by atomic mass is 16.7. The molecule has 0 aromatic heterocycles. The van der Waals surface area contributed by atoms with Gasteiger partial charge >= 0.3 is 0 Å². The summed E-state index contributed by atoms with van der Waals surface area (Å²) in [6.45, 7) is 5.73. The molecule has 0 saturated heterocycles. The van der Waals surface area contributed by atoms with Gasteiger partial charge in [0.25, 0.3) is 0 Å². The van der Waals surface area contributed by atoms with Gasteiger partial charge in [0, 0.05) is 13.0 Å². The van der Waals surface area contributed by atoms with E-state index in [4.69, 9.17) is 4.84 Å². The summed E-state index contributed by atoms with van der Waals surface area (Å²) < 4.78 is 0. The smallest absolute Gasteiger partial charge is 0.249 e. The molecule has 3 heteroatoms. The van der Waals surface area contributed by atoms with Gasteiger partial charge in [-0.2, -0.15) is 0 Å². The lowest BCUT2D eigenvalue weighted by atomic mass is 10.1. The fraction of sp³-hybridized carbons (Fsp3) is 0.667. The maximum absolute atomic E-state index is 11.5. The third kappa shape index (κ3) is 1.37. The molecule has 1 aliphatic rings. The largest absolute Gasteiger partial charge is 0.275 e. The van der Waals surface area contributed by atoms with Crippen LogP contribution in [0.5, 0.6) is 0 Å². The first kappa shape index (κ1) is 9.26. The molecule has 1 saturated carbocycles. The molecule has 0 spiro atoms. The van der Waals surface area contributed by atoms with Crippen molar-refractivity contribution in [1.82, 2.24) is 5.06 Å². The lowest BCUT2D eigenvalue weighted by Gasteiger charge is -2.14. The molecule has 0 unspecified atom stereocenters. The van der Waals surface area contributed by atoms with Gasteiger partial charge in [-0.05, 0) is 11.8 Å². The van der Waals surface area contributed by atoms with Gasteiger partial charge in [-0.15, -0.1) is 6.58 Å². The molecule has 0 radical (unpaired) electrons. The number of hydroxylamine groups is 2. The van der Waals surface area contributed by atoms with Gasteiger partial charge < -0.3 is 0 Å². The lowest BCUT2D eigenvalue weighted by Crippen LogP contribution is -2.28. The second-order valence-corrected chi connectivity index (χ2v) is 3.48. The molecule has 12 heavy (non-hydrogen) atoms. The van der Waals surface area contributed by atoms with Crippen molar-refractivity contribution in [1.29, 1.82) is 0 Å². The van der Waals surface area contributed by atoms with Crippen LogP contribution in [0, 0.1) is 11.3 Å². The number of hydrogen-bond acceptors (Lipinski definition) is 2. The maximum Gasteiger partial charge on any atom is 0.249 e. The summed E-state index contributed by atoms with van der Waals surface area (Å²) in [5, 5.41) is 1.28. The third-order valence-corrected chi connectivity index (χ3v) is 2.63. The van der Waals surface area contributed by atoms with Crippen LogP contribution in [0.15, 0.2) is 12.7 Å². The van der Waals surface area contributed by atoms with Crippen molar-refractivity contribution in [3.63, 3.8) is 0 Å². The summed E-state index contributed by atoms with van der Waals surface area (Å²) in [7, 11) is 3.12. The zero-order valence-corrected chi connectivity index (χ0v) is 7.83. The highest BCUT2D eigenvalue weighted by molar-refractivity contribution is 5.82. The highest BCUT2D eigenvalue weighted by Gasteiger charge is 2.53. The summed E-state index contributed by atoms with van der Waals surface area (Å²) in [6.07, 6.45) is 2.74. The number of nitrogens with zero attached hydrogens (tertiary/aromatic N) is 1. The van der Waals surface area contributed by atoms with E-state index in [9.17, 15) is 4.79 Å². The van der Waals surface area contributed by atoms with E-state index in [1.807, 2.05) is 13.0 Å². The van der Waals surface area contributed by atoms with Gasteiger partial charge in [-0.1, -0.05) is 13.0 Å². The molecule has 0 bridgehead atoms. The molecule has 3 nitrogen and oxygen atoms in total. The van der Waals surface area contributed by atoms with Crippen LogP contribution in [0.2, 0.25) is 0 Å². The number of amides is 1. The first-order valence-corrected chi connectivity index (χ1v) is 4.00. The van der Waals surface area contributed by atoms with E-state index in [2.05, 4.69) is 6.58 Å². The first-order chi connectivity index (χ1) is 5.55. The van der Waals surface area contributed by atoms with Crippen LogP contribution in [0.1, 0.15) is 13.3 Å². The van der Waals surface area contributed by atoms with Crippen LogP contribution in [-0.2, 0) is 9.63 Å². The van der Waals surface area contributed by atoms with Gasteiger partial charge in [-0.25, -0.2) is 5.06 Å². The third-order valence-electron chi connectivity index (χ3n) is 2.63. The second-order valence-electron chi connectivity index (χ2n) is 3.48. The predicted octanol–water partition coefficient (Wildman–Crippen LogP) is 1.22. The maximum atomic E-state index is 11.5. The molecular weight excluding hydrogens is 154 g/mol. The van der Waals surface area contributed by atoms with E-state index in [0.29, 0.717) is 0 Å². The first-order valence-electron chi connectivity index (χ1n) is 4.00. The molecule has 0 aromatic rings. The molecule has 1 aliphatic carbocycles. The molecule has 0 heterocycles. The van der Waals surface area contributed by atoms with E-state index < -0.39 is 0 Å². The van der Waals surface area contributed by atoms with Gasteiger partial charge in [0.2, 0.25) is 5.91 Å². The van der Waals surface area contributed by atoms with E-state index in [0.717, 1.165) is 6.42 Å². The Labute approximate surface area is 73.0 Å². The summed E-state index contributed by atoms with van der Waals surface area (Å²) in [4.78, 5) is 16.3. The van der Waals surface area contributed by atoms with Crippen LogP contribution in [0.4, 0.5) is 0 Å². The minimum Gasteiger partial charge on any atom is -0.275 e. The predicted molar refractivity (Wildman–Crippen MR) is 46.2 cm³/mol. The number of hydrogen-bond donors (Lipinski definition) is 0. The Morgan fingerprint density at radius 2 is 2.42 bits per heavy atom. The zero-order valence-electron chi connectivity index (χ0n) is 7.83. The van der Waals surface area contributed by atoms with E-state index in [1.54, 1.807) is 7.05 Å². The quantitative estimate of drug-likeness (QED) is 0.469. The van der Waals surface area contributed by atoms with Crippen LogP contribution >= 0.6 is 0 Å². The molecule has 0 aliphatic heterocycles. The second kappa shape index (κ2) is 2.90. The Bertz CT molecular complexity index is 215. The average Bonchev–Trinajstić information content (AvgIpc) is 2.76. The van der Waals surface area contributed by atoms with Crippen LogP contribution < -0.4 is 0 Å². The Morgan fingerprint density at radius 1 is 1.83 bits per heavy atom. The molecule has 68 valence electrons. The van der Waals surface area contributed by atoms with E-state index >= 15 is 0 Å². The van der Waals surface area contributed by atoms with Crippen molar-refractivity contribution >= 4 is 5.91 Å². The summed E-state index contributed by atoms with van der Waals surface area (Å²) in [5.74, 6) is 0.111. The average molecular weight is 169 g/mol. The van der Waals surface area contributed by atoms with Crippen molar-refractivity contribution in [2.24, 2.45) is 11.3 Å². The monoisotopic (exact) mass is 169 g/mol. The summed E-state index contributed by atoms with van der Waals surface area (Å²) in [6, 6.07) is 0. The Balaban J connectivity index is 2.53. The summed E-state index contributed by atoms with van der Waals surface area (Å²) >= 11 is 0. The topological polar surface area (TPSA) is 29.5 Å². The summed E-state index contributed by atoms with van der Waals surface area (Å²) in [5.41, 5.74) is 0.00384. The highest BCUT2D eigenvalue weighted by Crippen LogP contribution is 2.53. The molecular formula is C9H15NO2. The minimum absolute atomic E-state index is 0.00384. The molecule has 2 atom stereocenters. The minimum atomic E-state index is 0.00384. The number of allylic oxidation sites excluding steroid dienone is 1. The Kier molecular flexibility index (Phi) is 2.24. The Hall–Kier alpha value is -0.830.